The second kappa shape index (κ2) is 8.15. The van der Waals surface area contributed by atoms with E-state index in [-0.39, 0.29) is 28.1 Å². The summed E-state index contributed by atoms with van der Waals surface area (Å²) in [6.07, 6.45) is 5.41. The number of ketones is 1. The van der Waals surface area contributed by atoms with Gasteiger partial charge in [-0.2, -0.15) is 0 Å². The maximum absolute atomic E-state index is 12.4. The third-order valence-electron chi connectivity index (χ3n) is 8.62. The van der Waals surface area contributed by atoms with Crippen LogP contribution in [0.2, 0.25) is 18.1 Å². The number of fused-ring (bicyclic) bond motifs is 1. The van der Waals surface area contributed by atoms with E-state index >= 15 is 0 Å². The van der Waals surface area contributed by atoms with Gasteiger partial charge in [-0.1, -0.05) is 34.6 Å². The van der Waals surface area contributed by atoms with Gasteiger partial charge in [-0.3, -0.25) is 4.79 Å². The van der Waals surface area contributed by atoms with Crippen molar-refractivity contribution in [3.8, 4) is 0 Å². The molecule has 0 aliphatic heterocycles. The molecule has 0 aromatic heterocycles. The van der Waals surface area contributed by atoms with Crippen molar-refractivity contribution in [1.82, 2.24) is 0 Å². The maximum atomic E-state index is 12.4. The number of carbonyl (C=O) groups excluding carboxylic acids is 1. The molecule has 2 saturated carbocycles. The lowest BCUT2D eigenvalue weighted by atomic mass is 9.64. The Bertz CT molecular complexity index is 563. The van der Waals surface area contributed by atoms with Crippen molar-refractivity contribution in [3.63, 3.8) is 0 Å². The van der Waals surface area contributed by atoms with Gasteiger partial charge in [0.1, 0.15) is 5.78 Å². The molecule has 2 rings (SSSR count). The highest BCUT2D eigenvalue weighted by molar-refractivity contribution is 6.74. The average molecular weight is 411 g/mol. The van der Waals surface area contributed by atoms with Crippen LogP contribution in [0, 0.1) is 23.2 Å². The van der Waals surface area contributed by atoms with E-state index in [2.05, 4.69) is 68.5 Å². The second-order valence-corrected chi connectivity index (χ2v) is 16.7. The lowest BCUT2D eigenvalue weighted by Gasteiger charge is -2.46. The fourth-order valence-corrected chi connectivity index (χ4v) is 7.09. The lowest BCUT2D eigenvalue weighted by molar-refractivity contribution is -0.131. The highest BCUT2D eigenvalue weighted by Gasteiger charge is 2.53. The van der Waals surface area contributed by atoms with E-state index in [9.17, 15) is 4.79 Å². The minimum Gasteiger partial charge on any atom is -0.412 e. The standard InChI is InChI=1S/C24H46O3Si/c1-17(23(6,7)27-28(9,10)22(3,4)5)16-26-18(2)19-13-14-20-21(25)12-11-15-24(19,20)8/h17-20H,11-16H2,1-10H3/t17-,18+,19?,20?,24+/m0/s1. The van der Waals surface area contributed by atoms with E-state index in [4.69, 9.17) is 9.16 Å². The number of hydrogen-bond acceptors (Lipinski definition) is 3. The van der Waals surface area contributed by atoms with Gasteiger partial charge in [0.25, 0.3) is 0 Å². The van der Waals surface area contributed by atoms with E-state index in [0.717, 1.165) is 25.7 Å². The van der Waals surface area contributed by atoms with Crippen LogP contribution in [0.5, 0.6) is 0 Å². The monoisotopic (exact) mass is 410 g/mol. The number of hydrogen-bond donors (Lipinski definition) is 0. The molecule has 0 bridgehead atoms. The second-order valence-electron chi connectivity index (χ2n) is 12.0. The van der Waals surface area contributed by atoms with E-state index < -0.39 is 8.32 Å². The largest absolute Gasteiger partial charge is 0.412 e. The minimum absolute atomic E-state index is 0.144. The average Bonchev–Trinajstić information content (AvgIpc) is 2.88. The van der Waals surface area contributed by atoms with Crippen LogP contribution >= 0.6 is 0 Å². The van der Waals surface area contributed by atoms with Crippen molar-refractivity contribution >= 4 is 14.1 Å². The molecule has 2 aliphatic carbocycles. The van der Waals surface area contributed by atoms with E-state index in [1.54, 1.807) is 0 Å². The number of ether oxygens (including phenoxy) is 1. The minimum atomic E-state index is -1.82. The molecule has 0 aromatic rings. The van der Waals surface area contributed by atoms with Crippen LogP contribution in [-0.2, 0) is 14.0 Å². The highest BCUT2D eigenvalue weighted by atomic mass is 28.4. The molecule has 0 amide bonds. The summed E-state index contributed by atoms with van der Waals surface area (Å²) >= 11 is 0. The molecule has 164 valence electrons. The van der Waals surface area contributed by atoms with Crippen LogP contribution in [0.3, 0.4) is 0 Å². The Hall–Kier alpha value is -0.193. The first kappa shape index (κ1) is 24.1. The Kier molecular flexibility index (Phi) is 7.01. The van der Waals surface area contributed by atoms with Gasteiger partial charge in [0.2, 0.25) is 0 Å². The summed E-state index contributed by atoms with van der Waals surface area (Å²) in [5.74, 6) is 1.59. The van der Waals surface area contributed by atoms with Crippen molar-refractivity contribution in [2.24, 2.45) is 23.2 Å². The van der Waals surface area contributed by atoms with Crippen LogP contribution in [-0.4, -0.2) is 32.4 Å². The van der Waals surface area contributed by atoms with Crippen molar-refractivity contribution < 1.29 is 14.0 Å². The van der Waals surface area contributed by atoms with Gasteiger partial charge in [-0.05, 0) is 75.9 Å². The van der Waals surface area contributed by atoms with Crippen molar-refractivity contribution in [2.75, 3.05) is 6.61 Å². The summed E-state index contributed by atoms with van der Waals surface area (Å²) in [6, 6.07) is 0. The van der Waals surface area contributed by atoms with Gasteiger partial charge >= 0.3 is 0 Å². The van der Waals surface area contributed by atoms with Crippen LogP contribution in [0.15, 0.2) is 0 Å². The zero-order chi connectivity index (χ0) is 21.5. The molecule has 2 unspecified atom stereocenters. The quantitative estimate of drug-likeness (QED) is 0.443. The Morgan fingerprint density at radius 1 is 1.14 bits per heavy atom. The lowest BCUT2D eigenvalue weighted by Crippen LogP contribution is -2.50. The zero-order valence-corrected chi connectivity index (χ0v) is 21.3. The van der Waals surface area contributed by atoms with Gasteiger partial charge in [0, 0.05) is 18.3 Å². The molecular formula is C24H46O3Si. The predicted octanol–water partition coefficient (Wildman–Crippen LogP) is 6.61. The molecule has 0 spiro atoms. The molecule has 0 saturated heterocycles. The number of Topliss-reactive ketones (excluding diaryl/α,β-unsaturated/α-hetero) is 1. The molecule has 3 nitrogen and oxygen atoms in total. The van der Waals surface area contributed by atoms with Crippen LogP contribution in [0.25, 0.3) is 0 Å². The summed E-state index contributed by atoms with van der Waals surface area (Å²) in [6.45, 7) is 23.5. The zero-order valence-electron chi connectivity index (χ0n) is 20.3. The molecular weight excluding hydrogens is 364 g/mol. The molecule has 5 atom stereocenters. The van der Waals surface area contributed by atoms with Crippen molar-refractivity contribution in [1.29, 1.82) is 0 Å². The van der Waals surface area contributed by atoms with E-state index in [1.165, 1.54) is 6.42 Å². The van der Waals surface area contributed by atoms with E-state index in [0.29, 0.717) is 24.2 Å². The Morgan fingerprint density at radius 2 is 1.75 bits per heavy atom. The Balaban J connectivity index is 1.96. The summed E-state index contributed by atoms with van der Waals surface area (Å²) in [4.78, 5) is 12.4. The Morgan fingerprint density at radius 3 is 2.32 bits per heavy atom. The molecule has 0 N–H and O–H groups in total. The molecule has 0 radical (unpaired) electrons. The molecule has 0 heterocycles. The molecule has 2 fully saturated rings. The first-order valence-electron chi connectivity index (χ1n) is 11.5. The fourth-order valence-electron chi connectivity index (χ4n) is 5.27. The molecule has 2 aliphatic rings. The third kappa shape index (κ3) is 4.75. The van der Waals surface area contributed by atoms with Gasteiger partial charge in [0.15, 0.2) is 8.32 Å². The van der Waals surface area contributed by atoms with Crippen molar-refractivity contribution in [3.05, 3.63) is 0 Å². The summed E-state index contributed by atoms with van der Waals surface area (Å²) in [7, 11) is -1.82. The number of carbonyl (C=O) groups is 1. The molecule has 4 heteroatoms. The summed E-state index contributed by atoms with van der Waals surface area (Å²) in [5, 5.41) is 0.207. The Labute approximate surface area is 175 Å². The summed E-state index contributed by atoms with van der Waals surface area (Å²) < 4.78 is 13.2. The summed E-state index contributed by atoms with van der Waals surface area (Å²) in [5.41, 5.74) is -0.0587. The first-order valence-corrected chi connectivity index (χ1v) is 14.4. The normalized spacial score (nSPS) is 31.6. The van der Waals surface area contributed by atoms with Gasteiger partial charge < -0.3 is 9.16 Å². The smallest absolute Gasteiger partial charge is 0.192 e. The SMILES string of the molecule is C[C@@H](OC[C@H](C)C(C)(C)O[Si](C)(C)C(C)(C)C)C1CCC2C(=O)CCC[C@@]21C. The van der Waals surface area contributed by atoms with E-state index in [1.807, 2.05) is 0 Å². The van der Waals surface area contributed by atoms with Crippen LogP contribution in [0.1, 0.15) is 87.5 Å². The topological polar surface area (TPSA) is 35.5 Å². The van der Waals surface area contributed by atoms with Gasteiger partial charge in [0.05, 0.1) is 18.3 Å². The number of rotatable bonds is 7. The van der Waals surface area contributed by atoms with Gasteiger partial charge in [-0.15, -0.1) is 0 Å². The maximum Gasteiger partial charge on any atom is 0.192 e. The van der Waals surface area contributed by atoms with Crippen molar-refractivity contribution in [2.45, 2.75) is 117 Å². The molecule has 28 heavy (non-hydrogen) atoms. The van der Waals surface area contributed by atoms with Gasteiger partial charge in [-0.25, -0.2) is 0 Å². The van der Waals surface area contributed by atoms with Crippen LogP contribution in [0.4, 0.5) is 0 Å². The fraction of sp³-hybridized carbons (Fsp3) is 0.958. The van der Waals surface area contributed by atoms with Crippen LogP contribution < -0.4 is 0 Å². The third-order valence-corrected chi connectivity index (χ3v) is 13.3. The predicted molar refractivity (Wildman–Crippen MR) is 120 cm³/mol. The first-order chi connectivity index (χ1) is 12.6. The highest BCUT2D eigenvalue weighted by Crippen LogP contribution is 2.55. The molecule has 0 aromatic carbocycles.